The smallest absolute Gasteiger partial charge is 0.342 e. The molecule has 0 fully saturated rings. The van der Waals surface area contributed by atoms with Crippen LogP contribution in [-0.4, -0.2) is 42.5 Å². The molecule has 1 aromatic heterocycles. The molecular weight excluding hydrogens is 322 g/mol. The summed E-state index contributed by atoms with van der Waals surface area (Å²) in [7, 11) is 0. The lowest BCUT2D eigenvalue weighted by Crippen LogP contribution is -2.39. The van der Waals surface area contributed by atoms with E-state index in [9.17, 15) is 14.4 Å². The number of rotatable bonds is 7. The van der Waals surface area contributed by atoms with Gasteiger partial charge in [-0.3, -0.25) is 9.59 Å². The number of hydrogen-bond donors (Lipinski definition) is 2. The molecule has 0 aliphatic rings. The number of halogens is 1. The van der Waals surface area contributed by atoms with E-state index in [0.717, 1.165) is 6.42 Å². The molecule has 0 aromatic carbocycles. The molecule has 0 aliphatic carbocycles. The number of carbonyl (C=O) groups is 3. The minimum Gasteiger partial charge on any atom is -0.452 e. The Kier molecular flexibility index (Phi) is 7.47. The number of carbonyl (C=O) groups excluding carboxylic acids is 3. The fourth-order valence-corrected chi connectivity index (χ4v) is 2.16. The monoisotopic (exact) mass is 341 g/mol. The van der Waals surface area contributed by atoms with Crippen LogP contribution in [-0.2, 0) is 14.3 Å². The Morgan fingerprint density at radius 3 is 2.52 bits per heavy atom. The second kappa shape index (κ2) is 9.09. The van der Waals surface area contributed by atoms with E-state index in [0.29, 0.717) is 17.8 Å². The van der Waals surface area contributed by atoms with E-state index >= 15 is 0 Å². The molecule has 0 saturated heterocycles. The van der Waals surface area contributed by atoms with Crippen LogP contribution in [0.4, 0.5) is 0 Å². The van der Waals surface area contributed by atoms with Gasteiger partial charge in [-0.15, -0.1) is 0 Å². The highest BCUT2D eigenvalue weighted by Crippen LogP contribution is 2.19. The van der Waals surface area contributed by atoms with Gasteiger partial charge in [-0.2, -0.15) is 0 Å². The molecule has 8 heteroatoms. The summed E-state index contributed by atoms with van der Waals surface area (Å²) < 4.78 is 4.90. The molecule has 1 aromatic rings. The summed E-state index contributed by atoms with van der Waals surface area (Å²) in [6.45, 7) is 5.26. The summed E-state index contributed by atoms with van der Waals surface area (Å²) in [6, 6.07) is 1.70. The summed E-state index contributed by atoms with van der Waals surface area (Å²) in [4.78, 5) is 38.8. The number of esters is 1. The van der Waals surface area contributed by atoms with Gasteiger partial charge in [-0.05, 0) is 31.9 Å². The van der Waals surface area contributed by atoms with Crippen LogP contribution in [0.1, 0.15) is 35.0 Å². The fraction of sp³-hybridized carbons (Fsp3) is 0.467. The molecule has 0 radical (unpaired) electrons. The largest absolute Gasteiger partial charge is 0.452 e. The molecule has 0 bridgehead atoms. The number of amides is 2. The van der Waals surface area contributed by atoms with E-state index in [1.165, 1.54) is 0 Å². The van der Waals surface area contributed by atoms with Crippen LogP contribution in [0.15, 0.2) is 6.07 Å². The summed E-state index contributed by atoms with van der Waals surface area (Å²) in [5.74, 6) is -1.60. The Morgan fingerprint density at radius 1 is 1.22 bits per heavy atom. The lowest BCUT2D eigenvalue weighted by atomic mass is 10.1. The van der Waals surface area contributed by atoms with Crippen molar-refractivity contribution in [1.82, 2.24) is 15.6 Å². The molecule has 0 saturated carbocycles. The molecule has 7 nitrogen and oxygen atoms in total. The van der Waals surface area contributed by atoms with Crippen molar-refractivity contribution in [3.05, 3.63) is 28.0 Å². The Hall–Kier alpha value is -2.15. The number of aromatic nitrogens is 1. The number of nitrogens with zero attached hydrogens (tertiary/aromatic N) is 1. The van der Waals surface area contributed by atoms with Gasteiger partial charge in [0.1, 0.15) is 5.15 Å². The SMILES string of the molecule is CCCNC(=O)CNC(=O)COC(=O)c1c(C)cc(C)nc1Cl. The summed E-state index contributed by atoms with van der Waals surface area (Å²) in [5.41, 5.74) is 1.43. The molecule has 0 aliphatic heterocycles. The summed E-state index contributed by atoms with van der Waals surface area (Å²) >= 11 is 5.93. The maximum atomic E-state index is 12.0. The Balaban J connectivity index is 2.47. The Labute approximate surface area is 139 Å². The van der Waals surface area contributed by atoms with Gasteiger partial charge in [0.15, 0.2) is 6.61 Å². The maximum absolute atomic E-state index is 12.0. The van der Waals surface area contributed by atoms with Crippen molar-refractivity contribution >= 4 is 29.4 Å². The van der Waals surface area contributed by atoms with E-state index in [2.05, 4.69) is 15.6 Å². The molecule has 0 unspecified atom stereocenters. The third-order valence-corrected chi connectivity index (χ3v) is 3.13. The first kappa shape index (κ1) is 18.9. The highest BCUT2D eigenvalue weighted by atomic mass is 35.5. The number of pyridine rings is 1. The van der Waals surface area contributed by atoms with E-state index in [1.807, 2.05) is 6.92 Å². The zero-order valence-electron chi connectivity index (χ0n) is 13.4. The second-order valence-electron chi connectivity index (χ2n) is 4.95. The van der Waals surface area contributed by atoms with Crippen LogP contribution >= 0.6 is 11.6 Å². The van der Waals surface area contributed by atoms with Gasteiger partial charge in [0.25, 0.3) is 5.91 Å². The van der Waals surface area contributed by atoms with Crippen molar-refractivity contribution in [1.29, 1.82) is 0 Å². The highest BCUT2D eigenvalue weighted by molar-refractivity contribution is 6.32. The first-order chi connectivity index (χ1) is 10.8. The van der Waals surface area contributed by atoms with Gasteiger partial charge in [0.2, 0.25) is 5.91 Å². The highest BCUT2D eigenvalue weighted by Gasteiger charge is 2.18. The van der Waals surface area contributed by atoms with Crippen molar-refractivity contribution in [3.63, 3.8) is 0 Å². The molecule has 2 N–H and O–H groups in total. The molecule has 2 amide bonds. The van der Waals surface area contributed by atoms with E-state index in [-0.39, 0.29) is 23.2 Å². The van der Waals surface area contributed by atoms with Crippen molar-refractivity contribution in [2.45, 2.75) is 27.2 Å². The Bertz CT molecular complexity index is 581. The van der Waals surface area contributed by atoms with Crippen molar-refractivity contribution in [3.8, 4) is 0 Å². The standard InChI is InChI=1S/C15H20ClN3O4/c1-4-5-17-11(20)7-18-12(21)8-23-15(22)13-9(2)6-10(3)19-14(13)16/h6H,4-5,7-8H2,1-3H3,(H,17,20)(H,18,21). The number of hydrogen-bond acceptors (Lipinski definition) is 5. The molecule has 0 atom stereocenters. The molecular formula is C15H20ClN3O4. The van der Waals surface area contributed by atoms with Crippen LogP contribution < -0.4 is 10.6 Å². The number of aryl methyl sites for hydroxylation is 2. The topological polar surface area (TPSA) is 97.4 Å². The zero-order valence-corrected chi connectivity index (χ0v) is 14.1. The van der Waals surface area contributed by atoms with Gasteiger partial charge < -0.3 is 15.4 Å². The lowest BCUT2D eigenvalue weighted by Gasteiger charge is -2.09. The van der Waals surface area contributed by atoms with Gasteiger partial charge >= 0.3 is 5.97 Å². The summed E-state index contributed by atoms with van der Waals surface area (Å²) in [5, 5.41) is 5.01. The van der Waals surface area contributed by atoms with Gasteiger partial charge in [0.05, 0.1) is 12.1 Å². The van der Waals surface area contributed by atoms with Crippen LogP contribution in [0.2, 0.25) is 5.15 Å². The third-order valence-electron chi connectivity index (χ3n) is 2.86. The van der Waals surface area contributed by atoms with E-state index in [1.54, 1.807) is 19.9 Å². The lowest BCUT2D eigenvalue weighted by molar-refractivity contribution is -0.127. The van der Waals surface area contributed by atoms with Crippen LogP contribution in [0.3, 0.4) is 0 Å². The maximum Gasteiger partial charge on any atom is 0.342 e. The van der Waals surface area contributed by atoms with E-state index < -0.39 is 18.5 Å². The average molecular weight is 342 g/mol. The molecule has 126 valence electrons. The quantitative estimate of drug-likeness (QED) is 0.572. The van der Waals surface area contributed by atoms with Crippen LogP contribution in [0.5, 0.6) is 0 Å². The average Bonchev–Trinajstić information content (AvgIpc) is 2.47. The predicted molar refractivity (Wildman–Crippen MR) is 85.3 cm³/mol. The third kappa shape index (κ3) is 6.23. The molecule has 1 rings (SSSR count). The molecule has 23 heavy (non-hydrogen) atoms. The minimum atomic E-state index is -0.731. The Morgan fingerprint density at radius 2 is 1.91 bits per heavy atom. The fourth-order valence-electron chi connectivity index (χ4n) is 1.80. The van der Waals surface area contributed by atoms with Crippen molar-refractivity contribution in [2.75, 3.05) is 19.7 Å². The van der Waals surface area contributed by atoms with Crippen LogP contribution in [0.25, 0.3) is 0 Å². The first-order valence-corrected chi connectivity index (χ1v) is 7.57. The zero-order chi connectivity index (χ0) is 17.4. The van der Waals surface area contributed by atoms with E-state index in [4.69, 9.17) is 16.3 Å². The number of nitrogens with one attached hydrogen (secondary N) is 2. The van der Waals surface area contributed by atoms with Crippen molar-refractivity contribution < 1.29 is 19.1 Å². The predicted octanol–water partition coefficient (Wildman–Crippen LogP) is 1.15. The van der Waals surface area contributed by atoms with Crippen molar-refractivity contribution in [2.24, 2.45) is 0 Å². The number of ether oxygens (including phenoxy) is 1. The molecule has 0 spiro atoms. The van der Waals surface area contributed by atoms with Crippen LogP contribution in [0, 0.1) is 13.8 Å². The van der Waals surface area contributed by atoms with Gasteiger partial charge in [-0.25, -0.2) is 9.78 Å². The minimum absolute atomic E-state index is 0.0341. The first-order valence-electron chi connectivity index (χ1n) is 7.19. The van der Waals surface area contributed by atoms with Gasteiger partial charge in [-0.1, -0.05) is 18.5 Å². The normalized spacial score (nSPS) is 10.1. The van der Waals surface area contributed by atoms with Gasteiger partial charge in [0, 0.05) is 12.2 Å². The second-order valence-corrected chi connectivity index (χ2v) is 5.31. The summed E-state index contributed by atoms with van der Waals surface area (Å²) in [6.07, 6.45) is 0.808. The molecule has 1 heterocycles.